The number of unbranched alkanes of at least 4 members (excludes halogenated alkanes) is 4. The van der Waals surface area contributed by atoms with Gasteiger partial charge in [0.15, 0.2) is 6.10 Å². The van der Waals surface area contributed by atoms with Crippen LogP contribution >= 0.6 is 0 Å². The lowest BCUT2D eigenvalue weighted by Crippen LogP contribution is -2.40. The van der Waals surface area contributed by atoms with E-state index in [9.17, 15) is 19.5 Å². The molecule has 0 amide bonds. The summed E-state index contributed by atoms with van der Waals surface area (Å²) in [6.07, 6.45) is 55.6. The first kappa shape index (κ1) is 56.7. The number of hydrogen-bond donors (Lipinski definition) is 1. The number of aliphatic carboxylic acids is 1. The van der Waals surface area contributed by atoms with E-state index >= 15 is 0 Å². The van der Waals surface area contributed by atoms with Crippen molar-refractivity contribution < 1.29 is 42.9 Å². The minimum atomic E-state index is -1.54. The topological polar surface area (TPSA) is 108 Å². The van der Waals surface area contributed by atoms with Crippen molar-refractivity contribution in [2.24, 2.45) is 0 Å². The van der Waals surface area contributed by atoms with Crippen LogP contribution in [-0.4, -0.2) is 87.4 Å². The molecule has 0 aromatic heterocycles. The van der Waals surface area contributed by atoms with Crippen LogP contribution in [0.2, 0.25) is 0 Å². The minimum Gasteiger partial charge on any atom is -0.477 e. The van der Waals surface area contributed by atoms with Crippen molar-refractivity contribution in [3.8, 4) is 0 Å². The number of esters is 2. The standard InChI is InChI=1S/C52H81NO8/c1-6-8-10-12-14-16-18-20-21-22-23-24-25-26-27-28-29-31-33-35-37-39-41-43-50(55)61-48(47-60-52(51(56)57)58-45-44-53(3,4)5)46-59-49(54)42-40-38-36-34-32-30-19-17-15-13-11-9-7-2/h8-11,14-17,20-21,23-24,26-27,29-32,35,37,48,52H,6-7,12-13,18-19,22,25,28,33-34,36,38-47H2,1-5H3/p+1/b10-8-,11-9-,16-14-,17-15-,21-20-,24-23-,27-26-,31-29-,32-30-,37-35-. The van der Waals surface area contributed by atoms with Crippen molar-refractivity contribution in [3.05, 3.63) is 122 Å². The highest BCUT2D eigenvalue weighted by atomic mass is 16.7. The molecule has 0 spiro atoms. The molecule has 0 aromatic rings. The molecule has 0 saturated heterocycles. The van der Waals surface area contributed by atoms with Gasteiger partial charge in [-0.15, -0.1) is 0 Å². The molecule has 0 rings (SSSR count). The highest BCUT2D eigenvalue weighted by Gasteiger charge is 2.25. The number of carboxylic acid groups (broad SMARTS) is 1. The first-order chi connectivity index (χ1) is 29.6. The van der Waals surface area contributed by atoms with E-state index in [0.717, 1.165) is 83.5 Å². The molecule has 0 aromatic carbocycles. The van der Waals surface area contributed by atoms with Gasteiger partial charge in [-0.25, -0.2) is 4.79 Å². The number of carbonyl (C=O) groups is 3. The molecule has 342 valence electrons. The Bertz CT molecular complexity index is 1410. The van der Waals surface area contributed by atoms with Crippen molar-refractivity contribution in [2.75, 3.05) is 47.5 Å². The van der Waals surface area contributed by atoms with E-state index < -0.39 is 30.3 Å². The molecule has 0 aliphatic rings. The summed E-state index contributed by atoms with van der Waals surface area (Å²) in [5.41, 5.74) is 0. The predicted molar refractivity (Wildman–Crippen MR) is 253 cm³/mol. The monoisotopic (exact) mass is 849 g/mol. The zero-order chi connectivity index (χ0) is 44.9. The maximum atomic E-state index is 12.8. The van der Waals surface area contributed by atoms with E-state index in [1.807, 2.05) is 27.2 Å². The van der Waals surface area contributed by atoms with Gasteiger partial charge in [0.1, 0.15) is 13.2 Å². The Labute approximate surface area is 370 Å². The third-order valence-electron chi connectivity index (χ3n) is 8.71. The molecular formula is C52H82NO8+. The second-order valence-corrected chi connectivity index (χ2v) is 15.6. The summed E-state index contributed by atoms with van der Waals surface area (Å²) >= 11 is 0. The van der Waals surface area contributed by atoms with Gasteiger partial charge < -0.3 is 28.5 Å². The Morgan fingerprint density at radius 3 is 1.33 bits per heavy atom. The van der Waals surface area contributed by atoms with E-state index in [0.29, 0.717) is 30.3 Å². The van der Waals surface area contributed by atoms with Gasteiger partial charge in [-0.2, -0.15) is 0 Å². The Hall–Kier alpha value is -4.31. The van der Waals surface area contributed by atoms with Crippen molar-refractivity contribution >= 4 is 17.9 Å². The smallest absolute Gasteiger partial charge is 0.361 e. The van der Waals surface area contributed by atoms with Gasteiger partial charge in [0, 0.05) is 12.8 Å². The second-order valence-electron chi connectivity index (χ2n) is 15.6. The van der Waals surface area contributed by atoms with Gasteiger partial charge in [0.25, 0.3) is 6.29 Å². The van der Waals surface area contributed by atoms with Crippen LogP contribution in [0.25, 0.3) is 0 Å². The molecule has 0 fully saturated rings. The van der Waals surface area contributed by atoms with Crippen LogP contribution in [0, 0.1) is 0 Å². The number of quaternary nitrogens is 1. The molecule has 0 bridgehead atoms. The van der Waals surface area contributed by atoms with E-state index in [4.69, 9.17) is 18.9 Å². The Morgan fingerprint density at radius 1 is 0.492 bits per heavy atom. The summed E-state index contributed by atoms with van der Waals surface area (Å²) in [4.78, 5) is 37.1. The van der Waals surface area contributed by atoms with E-state index in [-0.39, 0.29) is 32.7 Å². The SMILES string of the molecule is CC/C=C\C/C=C\C/C=C\C/C=C\C/C=C\C/C=C\C/C=C\CCCC(=O)OC(COC(=O)CCCCC/C=C\C/C=C\C/C=C\CC)COC(OCC[N+](C)(C)C)C(=O)O. The van der Waals surface area contributed by atoms with Gasteiger partial charge in [-0.1, -0.05) is 142 Å². The van der Waals surface area contributed by atoms with Crippen LogP contribution in [0.4, 0.5) is 0 Å². The van der Waals surface area contributed by atoms with Crippen LogP contribution < -0.4 is 0 Å². The van der Waals surface area contributed by atoms with Crippen molar-refractivity contribution in [1.82, 2.24) is 0 Å². The zero-order valence-corrected chi connectivity index (χ0v) is 38.5. The van der Waals surface area contributed by atoms with Crippen LogP contribution in [0.5, 0.6) is 0 Å². The molecule has 2 atom stereocenters. The molecule has 0 radical (unpaired) electrons. The molecule has 0 aliphatic carbocycles. The van der Waals surface area contributed by atoms with Gasteiger partial charge in [0.2, 0.25) is 0 Å². The third kappa shape index (κ3) is 43.6. The Balaban J connectivity index is 4.59. The lowest BCUT2D eigenvalue weighted by atomic mass is 10.1. The molecule has 0 saturated carbocycles. The van der Waals surface area contributed by atoms with Crippen molar-refractivity contribution in [1.29, 1.82) is 0 Å². The summed E-state index contributed by atoms with van der Waals surface area (Å²) in [5, 5.41) is 9.63. The van der Waals surface area contributed by atoms with Crippen LogP contribution in [0.1, 0.15) is 129 Å². The molecule has 9 nitrogen and oxygen atoms in total. The van der Waals surface area contributed by atoms with Gasteiger partial charge in [0.05, 0.1) is 34.4 Å². The first-order valence-electron chi connectivity index (χ1n) is 22.7. The number of nitrogens with zero attached hydrogens (tertiary/aromatic N) is 1. The fraction of sp³-hybridized carbons (Fsp3) is 0.558. The van der Waals surface area contributed by atoms with Gasteiger partial charge in [-0.05, 0) is 96.3 Å². The van der Waals surface area contributed by atoms with Crippen LogP contribution in [-0.2, 0) is 33.3 Å². The number of likely N-dealkylation sites (N-methyl/N-ethyl adjacent to an activating group) is 1. The highest BCUT2D eigenvalue weighted by Crippen LogP contribution is 2.10. The summed E-state index contributed by atoms with van der Waals surface area (Å²) in [5.74, 6) is -2.15. The Kier molecular flexibility index (Phi) is 39.4. The summed E-state index contributed by atoms with van der Waals surface area (Å²) in [6.45, 7) is 4.49. The lowest BCUT2D eigenvalue weighted by Gasteiger charge is -2.25. The van der Waals surface area contributed by atoms with Gasteiger partial charge in [-0.3, -0.25) is 9.59 Å². The van der Waals surface area contributed by atoms with Crippen LogP contribution in [0.3, 0.4) is 0 Å². The summed E-state index contributed by atoms with van der Waals surface area (Å²) in [6, 6.07) is 0. The van der Waals surface area contributed by atoms with Gasteiger partial charge >= 0.3 is 17.9 Å². The quantitative estimate of drug-likeness (QED) is 0.0214. The fourth-order valence-electron chi connectivity index (χ4n) is 5.25. The lowest BCUT2D eigenvalue weighted by molar-refractivity contribution is -0.870. The third-order valence-corrected chi connectivity index (χ3v) is 8.71. The molecular weight excluding hydrogens is 767 g/mol. The van der Waals surface area contributed by atoms with Crippen LogP contribution in [0.15, 0.2) is 122 Å². The maximum Gasteiger partial charge on any atom is 0.361 e. The minimum absolute atomic E-state index is 0.164. The number of ether oxygens (including phenoxy) is 4. The fourth-order valence-corrected chi connectivity index (χ4v) is 5.25. The molecule has 0 aliphatic heterocycles. The molecule has 9 heteroatoms. The number of rotatable bonds is 39. The van der Waals surface area contributed by atoms with E-state index in [2.05, 4.69) is 129 Å². The normalized spacial score (nSPS) is 14.0. The number of carboxylic acids is 1. The summed E-state index contributed by atoms with van der Waals surface area (Å²) < 4.78 is 22.6. The molecule has 61 heavy (non-hydrogen) atoms. The second kappa shape index (κ2) is 42.4. The highest BCUT2D eigenvalue weighted by molar-refractivity contribution is 5.71. The van der Waals surface area contributed by atoms with Crippen molar-refractivity contribution in [3.63, 3.8) is 0 Å². The Morgan fingerprint density at radius 2 is 0.902 bits per heavy atom. The number of allylic oxidation sites excluding steroid dienone is 20. The zero-order valence-electron chi connectivity index (χ0n) is 38.5. The molecule has 1 N–H and O–H groups in total. The van der Waals surface area contributed by atoms with E-state index in [1.165, 1.54) is 0 Å². The molecule has 2 unspecified atom stereocenters. The maximum absolute atomic E-state index is 12.8. The number of hydrogen-bond acceptors (Lipinski definition) is 7. The largest absolute Gasteiger partial charge is 0.477 e. The first-order valence-corrected chi connectivity index (χ1v) is 22.7. The predicted octanol–water partition coefficient (Wildman–Crippen LogP) is 12.2. The average Bonchev–Trinajstić information content (AvgIpc) is 3.22. The summed E-state index contributed by atoms with van der Waals surface area (Å²) in [7, 11) is 5.91. The van der Waals surface area contributed by atoms with E-state index in [1.54, 1.807) is 0 Å². The average molecular weight is 849 g/mol. The van der Waals surface area contributed by atoms with Crippen molar-refractivity contribution in [2.45, 2.75) is 142 Å². The number of carbonyl (C=O) groups excluding carboxylic acids is 2. The molecule has 0 heterocycles.